The van der Waals surface area contributed by atoms with Gasteiger partial charge >= 0.3 is 0 Å². The van der Waals surface area contributed by atoms with Gasteiger partial charge in [-0.25, -0.2) is 4.98 Å². The van der Waals surface area contributed by atoms with Crippen molar-refractivity contribution in [2.45, 2.75) is 26.7 Å². The van der Waals surface area contributed by atoms with Crippen molar-refractivity contribution >= 4 is 11.3 Å². The third-order valence-electron chi connectivity index (χ3n) is 2.71. The van der Waals surface area contributed by atoms with Crippen molar-refractivity contribution in [2.24, 2.45) is 0 Å². The lowest BCUT2D eigenvalue weighted by molar-refractivity contribution is 0.317. The van der Waals surface area contributed by atoms with Gasteiger partial charge in [0.15, 0.2) is 0 Å². The summed E-state index contributed by atoms with van der Waals surface area (Å²) in [7, 11) is 0. The van der Waals surface area contributed by atoms with Gasteiger partial charge in [-0.1, -0.05) is 6.92 Å². The number of aromatic nitrogens is 1. The average molecular weight is 272 g/mol. The summed E-state index contributed by atoms with van der Waals surface area (Å²) in [5.74, 6) is 0.885. The van der Waals surface area contributed by atoms with Gasteiger partial charge < -0.3 is 4.74 Å². The fourth-order valence-corrected chi connectivity index (χ4v) is 2.70. The first-order valence-electron chi connectivity index (χ1n) is 6.31. The second kappa shape index (κ2) is 6.35. The zero-order valence-electron chi connectivity index (χ0n) is 11.1. The quantitative estimate of drug-likeness (QED) is 0.827. The predicted molar refractivity (Wildman–Crippen MR) is 77.4 cm³/mol. The first-order chi connectivity index (χ1) is 9.24. The topological polar surface area (TPSA) is 45.9 Å². The summed E-state index contributed by atoms with van der Waals surface area (Å²) in [4.78, 5) is 5.56. The number of thiazole rings is 1. The van der Waals surface area contributed by atoms with Crippen molar-refractivity contribution < 1.29 is 4.74 Å². The normalized spacial score (nSPS) is 10.2. The Hall–Kier alpha value is -1.86. The minimum Gasteiger partial charge on any atom is -0.494 e. The maximum Gasteiger partial charge on any atom is 0.123 e. The fraction of sp³-hybridized carbons (Fsp3) is 0.333. The number of rotatable bonds is 5. The Bertz CT molecular complexity index is 581. The molecule has 1 aromatic heterocycles. The lowest BCUT2D eigenvalue weighted by Gasteiger charge is -2.04. The van der Waals surface area contributed by atoms with Crippen LogP contribution < -0.4 is 4.74 Å². The molecule has 3 nitrogen and oxygen atoms in total. The molecule has 98 valence electrons. The van der Waals surface area contributed by atoms with E-state index in [0.717, 1.165) is 39.9 Å². The fourth-order valence-electron chi connectivity index (χ4n) is 1.70. The van der Waals surface area contributed by atoms with Crippen molar-refractivity contribution in [3.05, 3.63) is 34.8 Å². The summed E-state index contributed by atoms with van der Waals surface area (Å²) < 4.78 is 5.55. The monoisotopic (exact) mass is 272 g/mol. The van der Waals surface area contributed by atoms with Gasteiger partial charge in [-0.3, -0.25) is 0 Å². The van der Waals surface area contributed by atoms with E-state index in [4.69, 9.17) is 10.00 Å². The molecule has 0 radical (unpaired) electrons. The molecule has 1 heterocycles. The van der Waals surface area contributed by atoms with Gasteiger partial charge in [0.05, 0.1) is 24.8 Å². The second-order valence-electron chi connectivity index (χ2n) is 4.24. The number of nitrogens with zero attached hydrogens (tertiary/aromatic N) is 2. The average Bonchev–Trinajstić information content (AvgIpc) is 2.79. The van der Waals surface area contributed by atoms with Crippen LogP contribution in [0.2, 0.25) is 0 Å². The summed E-state index contributed by atoms with van der Waals surface area (Å²) in [5, 5.41) is 9.72. The standard InChI is InChI=1S/C15H16N2OS/c1-3-10-18-13-6-4-12(5-7-13)15-17-11(2)14(19-15)8-9-16/h4-7H,3,8,10H2,1-2H3. The van der Waals surface area contributed by atoms with Crippen LogP contribution in [0.5, 0.6) is 5.75 Å². The molecule has 19 heavy (non-hydrogen) atoms. The number of ether oxygens (including phenoxy) is 1. The van der Waals surface area contributed by atoms with Crippen LogP contribution in [-0.4, -0.2) is 11.6 Å². The smallest absolute Gasteiger partial charge is 0.123 e. The van der Waals surface area contributed by atoms with Crippen LogP contribution in [0, 0.1) is 18.3 Å². The summed E-state index contributed by atoms with van der Waals surface area (Å²) in [5.41, 5.74) is 2.02. The van der Waals surface area contributed by atoms with Crippen LogP contribution in [0.25, 0.3) is 10.6 Å². The van der Waals surface area contributed by atoms with Crippen LogP contribution in [0.1, 0.15) is 23.9 Å². The number of aryl methyl sites for hydroxylation is 1. The van der Waals surface area contributed by atoms with Crippen LogP contribution in [0.4, 0.5) is 0 Å². The van der Waals surface area contributed by atoms with Crippen LogP contribution in [0.15, 0.2) is 24.3 Å². The summed E-state index contributed by atoms with van der Waals surface area (Å²) in [6.45, 7) is 4.77. The van der Waals surface area contributed by atoms with E-state index in [1.807, 2.05) is 31.2 Å². The minimum absolute atomic E-state index is 0.432. The molecule has 0 amide bonds. The molecular weight excluding hydrogens is 256 g/mol. The Morgan fingerprint density at radius 1 is 1.32 bits per heavy atom. The third-order valence-corrected chi connectivity index (χ3v) is 3.91. The van der Waals surface area contributed by atoms with Crippen molar-refractivity contribution in [1.29, 1.82) is 5.26 Å². The van der Waals surface area contributed by atoms with Crippen molar-refractivity contribution in [1.82, 2.24) is 4.98 Å². The molecule has 0 aliphatic heterocycles. The zero-order chi connectivity index (χ0) is 13.7. The van der Waals surface area contributed by atoms with Gasteiger partial charge in [-0.2, -0.15) is 5.26 Å². The predicted octanol–water partition coefficient (Wildman–Crippen LogP) is 3.97. The SMILES string of the molecule is CCCOc1ccc(-c2nc(C)c(CC#N)s2)cc1. The van der Waals surface area contributed by atoms with Crippen molar-refractivity contribution in [3.8, 4) is 22.4 Å². The highest BCUT2D eigenvalue weighted by atomic mass is 32.1. The van der Waals surface area contributed by atoms with E-state index in [1.165, 1.54) is 0 Å². The van der Waals surface area contributed by atoms with Crippen molar-refractivity contribution in [2.75, 3.05) is 6.61 Å². The molecule has 0 saturated heterocycles. The Morgan fingerprint density at radius 3 is 2.68 bits per heavy atom. The van der Waals surface area contributed by atoms with Gasteiger partial charge in [0, 0.05) is 10.4 Å². The van der Waals surface area contributed by atoms with Crippen LogP contribution >= 0.6 is 11.3 Å². The first kappa shape index (κ1) is 13.6. The molecule has 2 rings (SSSR count). The summed E-state index contributed by atoms with van der Waals surface area (Å²) >= 11 is 1.59. The highest BCUT2D eigenvalue weighted by Crippen LogP contribution is 2.29. The van der Waals surface area contributed by atoms with Crippen LogP contribution in [0.3, 0.4) is 0 Å². The van der Waals surface area contributed by atoms with Gasteiger partial charge in [0.2, 0.25) is 0 Å². The van der Waals surface area contributed by atoms with E-state index in [9.17, 15) is 0 Å². The van der Waals surface area contributed by atoms with E-state index >= 15 is 0 Å². The molecule has 0 aliphatic rings. The lowest BCUT2D eigenvalue weighted by atomic mass is 10.2. The molecule has 0 N–H and O–H groups in total. The molecular formula is C15H16N2OS. The Kier molecular flexibility index (Phi) is 4.53. The number of nitriles is 1. The first-order valence-corrected chi connectivity index (χ1v) is 7.12. The zero-order valence-corrected chi connectivity index (χ0v) is 12.0. The largest absolute Gasteiger partial charge is 0.494 e. The highest BCUT2D eigenvalue weighted by Gasteiger charge is 2.09. The highest BCUT2D eigenvalue weighted by molar-refractivity contribution is 7.15. The van der Waals surface area contributed by atoms with Gasteiger partial charge in [0.1, 0.15) is 10.8 Å². The molecule has 0 atom stereocenters. The Morgan fingerprint density at radius 2 is 2.05 bits per heavy atom. The van der Waals surface area contributed by atoms with Gasteiger partial charge in [-0.15, -0.1) is 11.3 Å². The molecule has 0 fully saturated rings. The number of hydrogen-bond donors (Lipinski definition) is 0. The summed E-state index contributed by atoms with van der Waals surface area (Å²) in [6, 6.07) is 10.1. The van der Waals surface area contributed by atoms with E-state index in [0.29, 0.717) is 6.42 Å². The molecule has 0 saturated carbocycles. The molecule has 0 unspecified atom stereocenters. The van der Waals surface area contributed by atoms with E-state index in [-0.39, 0.29) is 0 Å². The molecule has 0 bridgehead atoms. The maximum absolute atomic E-state index is 8.76. The Labute approximate surface area is 117 Å². The lowest BCUT2D eigenvalue weighted by Crippen LogP contribution is -1.94. The van der Waals surface area contributed by atoms with E-state index in [1.54, 1.807) is 11.3 Å². The van der Waals surface area contributed by atoms with Crippen molar-refractivity contribution in [3.63, 3.8) is 0 Å². The molecule has 0 spiro atoms. The summed E-state index contributed by atoms with van der Waals surface area (Å²) in [6.07, 6.45) is 1.44. The molecule has 1 aromatic carbocycles. The van der Waals surface area contributed by atoms with E-state index in [2.05, 4.69) is 18.0 Å². The van der Waals surface area contributed by atoms with Crippen LogP contribution in [-0.2, 0) is 6.42 Å². The molecule has 4 heteroatoms. The molecule has 2 aromatic rings. The maximum atomic E-state index is 8.76. The minimum atomic E-state index is 0.432. The number of benzene rings is 1. The number of hydrogen-bond acceptors (Lipinski definition) is 4. The van der Waals surface area contributed by atoms with Gasteiger partial charge in [-0.05, 0) is 37.6 Å². The van der Waals surface area contributed by atoms with E-state index < -0.39 is 0 Å². The Balaban J connectivity index is 2.18. The molecule has 0 aliphatic carbocycles. The van der Waals surface area contributed by atoms with Gasteiger partial charge in [0.25, 0.3) is 0 Å². The third kappa shape index (κ3) is 3.33. The second-order valence-corrected chi connectivity index (χ2v) is 5.32.